The molecule has 0 amide bonds. The number of nitrogens with two attached hydrogens (primary N) is 1. The van der Waals surface area contributed by atoms with Gasteiger partial charge in [-0.05, 0) is 23.8 Å². The van der Waals surface area contributed by atoms with E-state index in [0.717, 1.165) is 5.39 Å². The molecule has 0 aliphatic carbocycles. The van der Waals surface area contributed by atoms with E-state index in [0.29, 0.717) is 27.5 Å². The molecule has 0 bridgehead atoms. The molecule has 0 radical (unpaired) electrons. The first-order chi connectivity index (χ1) is 12.5. The standard InChI is InChI=1S/C20H14ClN3O2/c1-11(25)24-16-9-5-3-7-13(16)19-18(24)17(14(10-22)20(23)26-19)12-6-2-4-8-15(12)21/h2-9,17H,23H2,1H3. The number of fused-ring (bicyclic) bond motifs is 3. The van der Waals surface area contributed by atoms with Crippen molar-refractivity contribution in [1.29, 1.82) is 5.26 Å². The van der Waals surface area contributed by atoms with E-state index in [1.165, 1.54) is 6.92 Å². The number of allylic oxidation sites excluding steroid dienone is 1. The highest BCUT2D eigenvalue weighted by molar-refractivity contribution is 6.31. The maximum atomic E-state index is 12.5. The molecule has 0 fully saturated rings. The topological polar surface area (TPSA) is 81.0 Å². The molecule has 4 rings (SSSR count). The minimum atomic E-state index is -0.589. The number of para-hydroxylation sites is 1. The lowest BCUT2D eigenvalue weighted by Gasteiger charge is -2.26. The van der Waals surface area contributed by atoms with Crippen LogP contribution in [0.2, 0.25) is 5.02 Å². The molecule has 128 valence electrons. The van der Waals surface area contributed by atoms with E-state index >= 15 is 0 Å². The molecule has 1 unspecified atom stereocenters. The summed E-state index contributed by atoms with van der Waals surface area (Å²) in [4.78, 5) is 12.5. The quantitative estimate of drug-likeness (QED) is 0.703. The fourth-order valence-corrected chi connectivity index (χ4v) is 3.76. The van der Waals surface area contributed by atoms with Crippen LogP contribution < -0.4 is 10.5 Å². The van der Waals surface area contributed by atoms with E-state index in [2.05, 4.69) is 6.07 Å². The van der Waals surface area contributed by atoms with Gasteiger partial charge in [0.05, 0.1) is 17.1 Å². The van der Waals surface area contributed by atoms with Gasteiger partial charge in [0.15, 0.2) is 5.75 Å². The van der Waals surface area contributed by atoms with Crippen LogP contribution in [-0.2, 0) is 0 Å². The second-order valence-corrected chi connectivity index (χ2v) is 6.44. The molecular weight excluding hydrogens is 350 g/mol. The average Bonchev–Trinajstić information content (AvgIpc) is 2.95. The minimum absolute atomic E-state index is 0.0244. The molecule has 2 aromatic carbocycles. The summed E-state index contributed by atoms with van der Waals surface area (Å²) in [6.07, 6.45) is 0. The summed E-state index contributed by atoms with van der Waals surface area (Å²) >= 11 is 6.42. The van der Waals surface area contributed by atoms with Crippen molar-refractivity contribution in [3.05, 3.63) is 76.3 Å². The summed E-state index contributed by atoms with van der Waals surface area (Å²) in [6.45, 7) is 1.48. The molecule has 5 nitrogen and oxygen atoms in total. The fraction of sp³-hybridized carbons (Fsp3) is 0.100. The van der Waals surface area contributed by atoms with Gasteiger partial charge in [-0.3, -0.25) is 9.36 Å². The SMILES string of the molecule is CC(=O)n1c2c(c3ccccc31)OC(N)=C(C#N)C2c1ccccc1Cl. The Labute approximate surface area is 154 Å². The van der Waals surface area contributed by atoms with Gasteiger partial charge >= 0.3 is 0 Å². The summed E-state index contributed by atoms with van der Waals surface area (Å²) < 4.78 is 7.36. The molecule has 1 aliphatic rings. The van der Waals surface area contributed by atoms with Crippen molar-refractivity contribution < 1.29 is 9.53 Å². The first-order valence-corrected chi connectivity index (χ1v) is 8.38. The minimum Gasteiger partial charge on any atom is -0.438 e. The molecule has 0 spiro atoms. The summed E-state index contributed by atoms with van der Waals surface area (Å²) in [5, 5.41) is 11.0. The van der Waals surface area contributed by atoms with Crippen molar-refractivity contribution in [3.63, 3.8) is 0 Å². The molecule has 2 heterocycles. The molecule has 3 aromatic rings. The third kappa shape index (κ3) is 2.20. The monoisotopic (exact) mass is 363 g/mol. The van der Waals surface area contributed by atoms with Gasteiger partial charge < -0.3 is 10.5 Å². The summed E-state index contributed by atoms with van der Waals surface area (Å²) in [6, 6.07) is 16.8. The lowest BCUT2D eigenvalue weighted by Crippen LogP contribution is -2.24. The van der Waals surface area contributed by atoms with Crippen LogP contribution in [-0.4, -0.2) is 10.5 Å². The molecule has 26 heavy (non-hydrogen) atoms. The van der Waals surface area contributed by atoms with Gasteiger partial charge in [0.2, 0.25) is 11.8 Å². The Kier molecular flexibility index (Phi) is 3.71. The molecule has 1 aliphatic heterocycles. The zero-order chi connectivity index (χ0) is 18.4. The van der Waals surface area contributed by atoms with Crippen molar-refractivity contribution in [2.24, 2.45) is 5.73 Å². The maximum absolute atomic E-state index is 12.5. The van der Waals surface area contributed by atoms with Crippen molar-refractivity contribution in [2.45, 2.75) is 12.8 Å². The summed E-state index contributed by atoms with van der Waals surface area (Å²) in [7, 11) is 0. The number of hydrogen-bond acceptors (Lipinski definition) is 4. The number of rotatable bonds is 1. The van der Waals surface area contributed by atoms with Gasteiger partial charge in [0.1, 0.15) is 11.6 Å². The summed E-state index contributed by atoms with van der Waals surface area (Å²) in [5.41, 5.74) is 8.26. The fourth-order valence-electron chi connectivity index (χ4n) is 3.51. The number of benzene rings is 2. The van der Waals surface area contributed by atoms with Gasteiger partial charge in [-0.15, -0.1) is 0 Å². The number of hydrogen-bond donors (Lipinski definition) is 1. The molecule has 1 aromatic heterocycles. The van der Waals surface area contributed by atoms with Crippen molar-refractivity contribution >= 4 is 28.4 Å². The van der Waals surface area contributed by atoms with Gasteiger partial charge in [-0.2, -0.15) is 5.26 Å². The number of nitrogens with zero attached hydrogens (tertiary/aromatic N) is 2. The van der Waals surface area contributed by atoms with E-state index in [1.807, 2.05) is 42.5 Å². The number of nitriles is 1. The van der Waals surface area contributed by atoms with Crippen LogP contribution in [0.5, 0.6) is 5.75 Å². The number of halogens is 1. The highest BCUT2D eigenvalue weighted by atomic mass is 35.5. The van der Waals surface area contributed by atoms with Gasteiger partial charge in [-0.1, -0.05) is 41.9 Å². The largest absolute Gasteiger partial charge is 0.438 e. The number of carbonyl (C=O) groups is 1. The lowest BCUT2D eigenvalue weighted by atomic mass is 9.87. The van der Waals surface area contributed by atoms with Crippen molar-refractivity contribution in [3.8, 4) is 11.8 Å². The third-order valence-corrected chi connectivity index (χ3v) is 4.90. The van der Waals surface area contributed by atoms with Gasteiger partial charge in [0, 0.05) is 17.3 Å². The van der Waals surface area contributed by atoms with E-state index < -0.39 is 5.92 Å². The highest BCUT2D eigenvalue weighted by Crippen LogP contribution is 2.48. The van der Waals surface area contributed by atoms with Crippen LogP contribution >= 0.6 is 11.6 Å². The average molecular weight is 364 g/mol. The van der Waals surface area contributed by atoms with E-state index in [1.54, 1.807) is 10.6 Å². The number of aromatic nitrogens is 1. The second-order valence-electron chi connectivity index (χ2n) is 6.03. The molecule has 2 N–H and O–H groups in total. The zero-order valence-corrected chi connectivity index (χ0v) is 14.6. The van der Waals surface area contributed by atoms with Crippen LogP contribution in [0.1, 0.15) is 28.9 Å². The Balaban J connectivity index is 2.15. The number of carbonyl (C=O) groups excluding carboxylic acids is 1. The Morgan fingerprint density at radius 2 is 1.92 bits per heavy atom. The predicted molar refractivity (Wildman–Crippen MR) is 99.0 cm³/mol. The second kappa shape index (κ2) is 5.94. The third-order valence-electron chi connectivity index (χ3n) is 4.55. The Morgan fingerprint density at radius 3 is 2.62 bits per heavy atom. The van der Waals surface area contributed by atoms with Crippen LogP contribution in [0.4, 0.5) is 0 Å². The highest BCUT2D eigenvalue weighted by Gasteiger charge is 2.37. The van der Waals surface area contributed by atoms with Crippen LogP contribution in [0.15, 0.2) is 60.0 Å². The van der Waals surface area contributed by atoms with Crippen molar-refractivity contribution in [1.82, 2.24) is 4.57 Å². The van der Waals surface area contributed by atoms with Crippen LogP contribution in [0.3, 0.4) is 0 Å². The Bertz CT molecular complexity index is 1140. The van der Waals surface area contributed by atoms with Crippen molar-refractivity contribution in [2.75, 3.05) is 0 Å². The van der Waals surface area contributed by atoms with Gasteiger partial charge in [0.25, 0.3) is 0 Å². The predicted octanol–water partition coefficient (Wildman–Crippen LogP) is 4.17. The molecule has 6 heteroatoms. The Morgan fingerprint density at radius 1 is 1.23 bits per heavy atom. The van der Waals surface area contributed by atoms with E-state index in [9.17, 15) is 10.1 Å². The molecule has 1 atom stereocenters. The van der Waals surface area contributed by atoms with E-state index in [4.69, 9.17) is 22.1 Å². The zero-order valence-electron chi connectivity index (χ0n) is 13.9. The number of ether oxygens (including phenoxy) is 1. The smallest absolute Gasteiger partial charge is 0.228 e. The van der Waals surface area contributed by atoms with Crippen LogP contribution in [0, 0.1) is 11.3 Å². The Hall–Kier alpha value is -3.23. The van der Waals surface area contributed by atoms with E-state index in [-0.39, 0.29) is 17.4 Å². The first kappa shape index (κ1) is 16.2. The first-order valence-electron chi connectivity index (χ1n) is 8.01. The normalized spacial score (nSPS) is 16.1. The maximum Gasteiger partial charge on any atom is 0.228 e. The molecule has 0 saturated heterocycles. The molecular formula is C20H14ClN3O2. The molecule has 0 saturated carbocycles. The lowest BCUT2D eigenvalue weighted by molar-refractivity contribution is 0.0937. The van der Waals surface area contributed by atoms with Crippen LogP contribution in [0.25, 0.3) is 10.9 Å². The van der Waals surface area contributed by atoms with Gasteiger partial charge in [-0.25, -0.2) is 0 Å². The summed E-state index contributed by atoms with van der Waals surface area (Å²) in [5.74, 6) is -0.261.